The van der Waals surface area contributed by atoms with E-state index in [1.54, 1.807) is 0 Å². The molecule has 0 aliphatic rings. The molecule has 0 N–H and O–H groups in total. The Hall–Kier alpha value is -2.18. The summed E-state index contributed by atoms with van der Waals surface area (Å²) in [6.45, 7) is 1.43. The van der Waals surface area contributed by atoms with Crippen molar-refractivity contribution in [3.05, 3.63) is 40.6 Å². The highest BCUT2D eigenvalue weighted by molar-refractivity contribution is 7.92. The van der Waals surface area contributed by atoms with Crippen molar-refractivity contribution in [3.8, 4) is 10.8 Å². The molecule has 3 aromatic heterocycles. The Morgan fingerprint density at radius 1 is 1.30 bits per heavy atom. The van der Waals surface area contributed by atoms with Crippen LogP contribution >= 0.6 is 22.9 Å². The Labute approximate surface area is 161 Å². The van der Waals surface area contributed by atoms with Gasteiger partial charge in [0.15, 0.2) is 0 Å². The lowest BCUT2D eigenvalue weighted by Crippen LogP contribution is -2.31. The molecule has 0 spiro atoms. The van der Waals surface area contributed by atoms with E-state index in [1.807, 2.05) is 0 Å². The summed E-state index contributed by atoms with van der Waals surface area (Å²) in [6.07, 6.45) is 1.24. The second-order valence-corrected chi connectivity index (χ2v) is 8.87. The molecule has 0 aliphatic heterocycles. The van der Waals surface area contributed by atoms with Gasteiger partial charge in [0.2, 0.25) is 10.0 Å². The van der Waals surface area contributed by atoms with E-state index in [-0.39, 0.29) is 23.2 Å². The highest BCUT2D eigenvalue weighted by Gasteiger charge is 2.24. The van der Waals surface area contributed by atoms with Crippen molar-refractivity contribution in [2.75, 3.05) is 10.1 Å². The van der Waals surface area contributed by atoms with Crippen LogP contribution in [-0.4, -0.2) is 34.3 Å². The fraction of sp³-hybridized carbons (Fsp3) is 0.286. The summed E-state index contributed by atoms with van der Waals surface area (Å²) in [5.74, 6) is -1.04. The topological polar surface area (TPSA) is 102 Å². The molecule has 0 saturated carbocycles. The SMILES string of the molecule is CCS(=O)(=O)N(Cc1ncc(-c2nnc(C(F)F)o2)s1)c1cncc(Cl)c1. The number of sulfonamides is 1. The van der Waals surface area contributed by atoms with Gasteiger partial charge in [-0.2, -0.15) is 8.78 Å². The number of nitrogens with zero attached hydrogens (tertiary/aromatic N) is 5. The lowest BCUT2D eigenvalue weighted by molar-refractivity contribution is 0.116. The summed E-state index contributed by atoms with van der Waals surface area (Å²) in [6, 6.07) is 1.48. The molecule has 0 saturated heterocycles. The predicted octanol–water partition coefficient (Wildman–Crippen LogP) is 3.54. The molecule has 0 radical (unpaired) electrons. The quantitative estimate of drug-likeness (QED) is 0.559. The smallest absolute Gasteiger partial charge is 0.314 e. The van der Waals surface area contributed by atoms with Gasteiger partial charge in [0.1, 0.15) is 9.88 Å². The van der Waals surface area contributed by atoms with Crippen LogP contribution in [0.1, 0.15) is 24.2 Å². The van der Waals surface area contributed by atoms with Crippen LogP contribution in [-0.2, 0) is 16.6 Å². The van der Waals surface area contributed by atoms with Crippen LogP contribution < -0.4 is 4.31 Å². The second kappa shape index (κ2) is 7.82. The van der Waals surface area contributed by atoms with E-state index in [1.165, 1.54) is 31.6 Å². The number of anilines is 1. The number of thiazole rings is 1. The molecule has 8 nitrogen and oxygen atoms in total. The zero-order valence-corrected chi connectivity index (χ0v) is 16.1. The average Bonchev–Trinajstić information content (AvgIpc) is 3.28. The molecule has 13 heteroatoms. The molecule has 3 rings (SSSR count). The predicted molar refractivity (Wildman–Crippen MR) is 95.3 cm³/mol. The van der Waals surface area contributed by atoms with Crippen LogP contribution in [0, 0.1) is 0 Å². The Morgan fingerprint density at radius 2 is 2.07 bits per heavy atom. The second-order valence-electron chi connectivity index (χ2n) is 5.13. The van der Waals surface area contributed by atoms with Crippen molar-refractivity contribution in [1.29, 1.82) is 0 Å². The van der Waals surface area contributed by atoms with Crippen molar-refractivity contribution in [2.24, 2.45) is 0 Å². The van der Waals surface area contributed by atoms with Crippen molar-refractivity contribution >= 4 is 38.6 Å². The zero-order valence-electron chi connectivity index (χ0n) is 13.7. The highest BCUT2D eigenvalue weighted by atomic mass is 35.5. The lowest BCUT2D eigenvalue weighted by Gasteiger charge is -2.22. The minimum absolute atomic E-state index is 0.0846. The summed E-state index contributed by atoms with van der Waals surface area (Å²) < 4.78 is 56.1. The van der Waals surface area contributed by atoms with Gasteiger partial charge in [0, 0.05) is 6.20 Å². The van der Waals surface area contributed by atoms with E-state index in [9.17, 15) is 17.2 Å². The maximum absolute atomic E-state index is 12.6. The molecule has 0 atom stereocenters. The number of pyridine rings is 1. The van der Waals surface area contributed by atoms with E-state index in [4.69, 9.17) is 16.0 Å². The van der Waals surface area contributed by atoms with E-state index in [0.717, 1.165) is 15.6 Å². The first-order valence-electron chi connectivity index (χ1n) is 7.47. The van der Waals surface area contributed by atoms with E-state index < -0.39 is 22.3 Å². The van der Waals surface area contributed by atoms with Crippen LogP contribution in [0.3, 0.4) is 0 Å². The first kappa shape index (κ1) is 19.6. The molecule has 0 fully saturated rings. The third-order valence-electron chi connectivity index (χ3n) is 3.35. The number of halogens is 3. The van der Waals surface area contributed by atoms with E-state index >= 15 is 0 Å². The van der Waals surface area contributed by atoms with Gasteiger partial charge in [-0.25, -0.2) is 13.4 Å². The van der Waals surface area contributed by atoms with Crippen molar-refractivity contribution < 1.29 is 21.6 Å². The zero-order chi connectivity index (χ0) is 19.6. The summed E-state index contributed by atoms with van der Waals surface area (Å²) in [7, 11) is -3.64. The number of hydrogen-bond donors (Lipinski definition) is 0. The van der Waals surface area contributed by atoms with E-state index in [0.29, 0.717) is 15.6 Å². The normalized spacial score (nSPS) is 11.9. The summed E-state index contributed by atoms with van der Waals surface area (Å²) in [4.78, 5) is 8.38. The summed E-state index contributed by atoms with van der Waals surface area (Å²) in [5, 5.41) is 7.49. The van der Waals surface area contributed by atoms with Crippen LogP contribution in [0.15, 0.2) is 29.1 Å². The van der Waals surface area contributed by atoms with Gasteiger partial charge in [0.05, 0.1) is 35.4 Å². The van der Waals surface area contributed by atoms with Gasteiger partial charge in [-0.15, -0.1) is 21.5 Å². The first-order valence-corrected chi connectivity index (χ1v) is 10.3. The third-order valence-corrected chi connectivity index (χ3v) is 6.27. The first-order chi connectivity index (χ1) is 12.8. The molecule has 0 aliphatic carbocycles. The van der Waals surface area contributed by atoms with Gasteiger partial charge >= 0.3 is 6.43 Å². The van der Waals surface area contributed by atoms with Gasteiger partial charge in [-0.3, -0.25) is 9.29 Å². The minimum atomic E-state index is -3.64. The molecular weight excluding hydrogens is 424 g/mol. The molecule has 144 valence electrons. The largest absolute Gasteiger partial charge is 0.414 e. The van der Waals surface area contributed by atoms with Gasteiger partial charge in [0.25, 0.3) is 11.8 Å². The molecule has 3 heterocycles. The lowest BCUT2D eigenvalue weighted by atomic mass is 10.4. The Morgan fingerprint density at radius 3 is 2.70 bits per heavy atom. The van der Waals surface area contributed by atoms with Gasteiger partial charge in [-0.1, -0.05) is 11.6 Å². The molecule has 0 amide bonds. The highest BCUT2D eigenvalue weighted by Crippen LogP contribution is 2.30. The molecular formula is C14H12ClF2N5O3S2. The van der Waals surface area contributed by atoms with Gasteiger partial charge < -0.3 is 4.42 Å². The number of hydrogen-bond acceptors (Lipinski definition) is 8. The Bertz CT molecular complexity index is 1040. The van der Waals surface area contributed by atoms with Crippen LogP contribution in [0.4, 0.5) is 14.5 Å². The van der Waals surface area contributed by atoms with Crippen molar-refractivity contribution in [3.63, 3.8) is 0 Å². The van der Waals surface area contributed by atoms with Crippen LogP contribution in [0.2, 0.25) is 5.02 Å². The fourth-order valence-electron chi connectivity index (χ4n) is 2.07. The maximum atomic E-state index is 12.6. The molecule has 27 heavy (non-hydrogen) atoms. The minimum Gasteiger partial charge on any atom is -0.414 e. The summed E-state index contributed by atoms with van der Waals surface area (Å²) >= 11 is 6.96. The Balaban J connectivity index is 1.89. The monoisotopic (exact) mass is 435 g/mol. The number of rotatable bonds is 7. The Kier molecular flexibility index (Phi) is 5.67. The summed E-state index contributed by atoms with van der Waals surface area (Å²) in [5.41, 5.74) is 0.291. The van der Waals surface area contributed by atoms with Crippen molar-refractivity contribution in [1.82, 2.24) is 20.2 Å². The molecule has 0 unspecified atom stereocenters. The van der Waals surface area contributed by atoms with Crippen molar-refractivity contribution in [2.45, 2.75) is 19.9 Å². The van der Waals surface area contributed by atoms with E-state index in [2.05, 4.69) is 20.2 Å². The average molecular weight is 436 g/mol. The molecule has 0 bridgehead atoms. The van der Waals surface area contributed by atoms with Gasteiger partial charge in [-0.05, 0) is 13.0 Å². The standard InChI is InChI=1S/C14H12ClF2N5O3S2/c1-2-27(23,24)22(9-3-8(15)4-18-5-9)7-11-19-6-10(26-11)13-20-21-14(25-13)12(16)17/h3-6,12H,2,7H2,1H3. The number of aromatic nitrogens is 4. The van der Waals surface area contributed by atoms with Crippen LogP contribution in [0.25, 0.3) is 10.8 Å². The maximum Gasteiger partial charge on any atom is 0.314 e. The number of alkyl halides is 2. The molecule has 3 aromatic rings. The molecule has 0 aromatic carbocycles. The van der Waals surface area contributed by atoms with Crippen LogP contribution in [0.5, 0.6) is 0 Å². The fourth-order valence-corrected chi connectivity index (χ4v) is 4.20. The third kappa shape index (κ3) is 4.39.